The highest BCUT2D eigenvalue weighted by molar-refractivity contribution is 9.10. The Labute approximate surface area is 181 Å². The minimum Gasteiger partial charge on any atom is -0.497 e. The van der Waals surface area contributed by atoms with Crippen molar-refractivity contribution in [2.45, 2.75) is 25.8 Å². The number of halogens is 1. The Morgan fingerprint density at radius 2 is 1.72 bits per heavy atom. The first kappa shape index (κ1) is 21.7. The number of hydrogen-bond acceptors (Lipinski definition) is 4. The van der Waals surface area contributed by atoms with E-state index in [1.54, 1.807) is 14.2 Å². The highest BCUT2D eigenvalue weighted by Crippen LogP contribution is 2.26. The largest absolute Gasteiger partial charge is 0.497 e. The molecule has 0 saturated carbocycles. The molecule has 0 aliphatic carbocycles. The maximum absolute atomic E-state index is 12.7. The van der Waals surface area contributed by atoms with Crippen LogP contribution in [-0.2, 0) is 17.8 Å². The van der Waals surface area contributed by atoms with E-state index in [0.29, 0.717) is 6.42 Å². The van der Waals surface area contributed by atoms with Gasteiger partial charge in [0.05, 0.1) is 18.7 Å². The number of hydrogen-bond donors (Lipinski definition) is 0. The van der Waals surface area contributed by atoms with Gasteiger partial charge in [-0.15, -0.1) is 0 Å². The fraction of sp³-hybridized carbons (Fsp3) is 0.435. The van der Waals surface area contributed by atoms with Crippen molar-refractivity contribution >= 4 is 21.8 Å². The number of carbonyl (C=O) groups excluding carboxylic acids is 1. The minimum absolute atomic E-state index is 0.239. The molecule has 29 heavy (non-hydrogen) atoms. The third-order valence-electron chi connectivity index (χ3n) is 5.35. The monoisotopic (exact) mass is 460 g/mol. The number of benzene rings is 2. The summed E-state index contributed by atoms with van der Waals surface area (Å²) in [5.74, 6) is 1.93. The van der Waals surface area contributed by atoms with Gasteiger partial charge < -0.3 is 14.4 Å². The van der Waals surface area contributed by atoms with Crippen molar-refractivity contribution in [3.8, 4) is 11.5 Å². The Balaban J connectivity index is 1.48. The van der Waals surface area contributed by atoms with Crippen LogP contribution in [0.5, 0.6) is 11.5 Å². The third kappa shape index (κ3) is 6.21. The Morgan fingerprint density at radius 3 is 2.41 bits per heavy atom. The number of aryl methyl sites for hydroxylation is 1. The molecule has 1 fully saturated rings. The van der Waals surface area contributed by atoms with E-state index in [9.17, 15) is 4.79 Å². The van der Waals surface area contributed by atoms with Crippen LogP contribution < -0.4 is 9.47 Å². The summed E-state index contributed by atoms with van der Waals surface area (Å²) < 4.78 is 11.4. The van der Waals surface area contributed by atoms with E-state index >= 15 is 0 Å². The molecule has 6 heteroatoms. The summed E-state index contributed by atoms with van der Waals surface area (Å²) in [5, 5.41) is 0. The zero-order chi connectivity index (χ0) is 20.6. The second-order valence-electron chi connectivity index (χ2n) is 7.33. The molecule has 156 valence electrons. The van der Waals surface area contributed by atoms with E-state index < -0.39 is 0 Å². The van der Waals surface area contributed by atoms with Crippen LogP contribution in [0.3, 0.4) is 0 Å². The number of ether oxygens (including phenoxy) is 2. The molecule has 5 nitrogen and oxygen atoms in total. The molecule has 3 rings (SSSR count). The van der Waals surface area contributed by atoms with Crippen LogP contribution in [-0.4, -0.2) is 56.1 Å². The summed E-state index contributed by atoms with van der Waals surface area (Å²) in [6, 6.07) is 14.2. The van der Waals surface area contributed by atoms with Crippen LogP contribution in [0.2, 0.25) is 0 Å². The van der Waals surface area contributed by atoms with Gasteiger partial charge in [-0.3, -0.25) is 9.69 Å². The first-order chi connectivity index (χ1) is 14.1. The van der Waals surface area contributed by atoms with Crippen molar-refractivity contribution in [3.63, 3.8) is 0 Å². The average Bonchev–Trinajstić information content (AvgIpc) is 2.98. The number of amides is 1. The third-order valence-corrected chi connectivity index (χ3v) is 5.97. The van der Waals surface area contributed by atoms with Crippen molar-refractivity contribution < 1.29 is 14.3 Å². The van der Waals surface area contributed by atoms with Crippen LogP contribution in [0.15, 0.2) is 46.9 Å². The van der Waals surface area contributed by atoms with Gasteiger partial charge in [-0.05, 0) is 64.2 Å². The molecule has 0 aromatic heterocycles. The highest BCUT2D eigenvalue weighted by Gasteiger charge is 2.19. The summed E-state index contributed by atoms with van der Waals surface area (Å²) in [7, 11) is 3.34. The number of nitrogens with zero attached hydrogens (tertiary/aromatic N) is 2. The molecular weight excluding hydrogens is 432 g/mol. The van der Waals surface area contributed by atoms with Gasteiger partial charge in [-0.2, -0.15) is 0 Å². The predicted octanol–water partition coefficient (Wildman–Crippen LogP) is 4.13. The normalized spacial score (nSPS) is 15.1. The van der Waals surface area contributed by atoms with Crippen molar-refractivity contribution in [3.05, 3.63) is 58.1 Å². The Hall–Kier alpha value is -2.05. The minimum atomic E-state index is 0.239. The van der Waals surface area contributed by atoms with Gasteiger partial charge in [0.1, 0.15) is 11.5 Å². The Kier molecular flexibility index (Phi) is 7.95. The Morgan fingerprint density at radius 1 is 0.966 bits per heavy atom. The first-order valence-electron chi connectivity index (χ1n) is 10.0. The van der Waals surface area contributed by atoms with E-state index in [0.717, 1.165) is 67.1 Å². The molecular formula is C23H29BrN2O3. The van der Waals surface area contributed by atoms with Gasteiger partial charge in [0.25, 0.3) is 0 Å². The molecule has 0 bridgehead atoms. The van der Waals surface area contributed by atoms with Crippen molar-refractivity contribution in [1.29, 1.82) is 0 Å². The number of methoxy groups -OCH3 is 2. The maximum Gasteiger partial charge on any atom is 0.222 e. The average molecular weight is 461 g/mol. The topological polar surface area (TPSA) is 42.0 Å². The van der Waals surface area contributed by atoms with E-state index in [2.05, 4.69) is 33.0 Å². The lowest BCUT2D eigenvalue weighted by atomic mass is 10.1. The van der Waals surface area contributed by atoms with Crippen LogP contribution in [0.4, 0.5) is 0 Å². The molecule has 0 radical (unpaired) electrons. The fourth-order valence-corrected chi connectivity index (χ4v) is 4.23. The lowest BCUT2D eigenvalue weighted by Crippen LogP contribution is -2.35. The lowest BCUT2D eigenvalue weighted by molar-refractivity contribution is -0.131. The van der Waals surface area contributed by atoms with Crippen LogP contribution in [0.25, 0.3) is 0 Å². The molecule has 1 heterocycles. The van der Waals surface area contributed by atoms with E-state index in [1.165, 1.54) is 5.56 Å². The molecule has 1 aliphatic heterocycles. The lowest BCUT2D eigenvalue weighted by Gasteiger charge is -2.22. The number of rotatable bonds is 7. The summed E-state index contributed by atoms with van der Waals surface area (Å²) >= 11 is 3.51. The molecule has 2 aromatic carbocycles. The van der Waals surface area contributed by atoms with Gasteiger partial charge in [0.2, 0.25) is 5.91 Å². The molecule has 1 amide bonds. The van der Waals surface area contributed by atoms with Crippen molar-refractivity contribution in [1.82, 2.24) is 9.80 Å². The first-order valence-corrected chi connectivity index (χ1v) is 10.8. The second-order valence-corrected chi connectivity index (χ2v) is 8.18. The van der Waals surface area contributed by atoms with Crippen molar-refractivity contribution in [2.75, 3.05) is 40.4 Å². The predicted molar refractivity (Wildman–Crippen MR) is 118 cm³/mol. The molecule has 0 unspecified atom stereocenters. The SMILES string of the molecule is COc1ccc(CN2CCCN(C(=O)CCc3ccc(OC)c(Br)c3)CC2)cc1. The summed E-state index contributed by atoms with van der Waals surface area (Å²) in [5.41, 5.74) is 2.41. The molecule has 1 saturated heterocycles. The molecule has 0 N–H and O–H groups in total. The summed E-state index contributed by atoms with van der Waals surface area (Å²) in [4.78, 5) is 17.2. The van der Waals surface area contributed by atoms with Gasteiger partial charge in [-0.1, -0.05) is 18.2 Å². The van der Waals surface area contributed by atoms with Gasteiger partial charge in [-0.25, -0.2) is 0 Å². The van der Waals surface area contributed by atoms with Gasteiger partial charge in [0.15, 0.2) is 0 Å². The zero-order valence-electron chi connectivity index (χ0n) is 17.2. The second kappa shape index (κ2) is 10.6. The highest BCUT2D eigenvalue weighted by atomic mass is 79.9. The molecule has 1 aliphatic rings. The van der Waals surface area contributed by atoms with Gasteiger partial charge in [0, 0.05) is 39.1 Å². The van der Waals surface area contributed by atoms with Crippen LogP contribution in [0.1, 0.15) is 24.0 Å². The maximum atomic E-state index is 12.7. The van der Waals surface area contributed by atoms with Crippen LogP contribution in [0, 0.1) is 0 Å². The van der Waals surface area contributed by atoms with Crippen LogP contribution >= 0.6 is 15.9 Å². The van der Waals surface area contributed by atoms with E-state index in [-0.39, 0.29) is 5.91 Å². The van der Waals surface area contributed by atoms with Gasteiger partial charge >= 0.3 is 0 Å². The molecule has 2 aromatic rings. The van der Waals surface area contributed by atoms with Crippen molar-refractivity contribution in [2.24, 2.45) is 0 Å². The zero-order valence-corrected chi connectivity index (χ0v) is 18.8. The standard InChI is InChI=1S/C23H29BrN2O3/c1-28-20-8-4-19(5-9-20)17-25-12-3-13-26(15-14-25)23(27)11-7-18-6-10-22(29-2)21(24)16-18/h4-6,8-10,16H,3,7,11-15,17H2,1-2H3. The smallest absolute Gasteiger partial charge is 0.222 e. The van der Waals surface area contributed by atoms with E-state index in [4.69, 9.17) is 9.47 Å². The van der Waals surface area contributed by atoms with E-state index in [1.807, 2.05) is 35.2 Å². The quantitative estimate of drug-likeness (QED) is 0.622. The summed E-state index contributed by atoms with van der Waals surface area (Å²) in [6.45, 7) is 4.46. The number of carbonyl (C=O) groups is 1. The fourth-order valence-electron chi connectivity index (χ4n) is 3.64. The molecule has 0 atom stereocenters. The Bertz CT molecular complexity index is 810. The molecule has 0 spiro atoms. The summed E-state index contributed by atoms with van der Waals surface area (Å²) in [6.07, 6.45) is 2.29.